The molecule has 0 aromatic carbocycles. The molecule has 158 valence electrons. The van der Waals surface area contributed by atoms with Crippen LogP contribution in [0.4, 0.5) is 0 Å². The summed E-state index contributed by atoms with van der Waals surface area (Å²) in [4.78, 5) is 36.3. The van der Waals surface area contributed by atoms with E-state index in [2.05, 4.69) is 37.9 Å². The quantitative estimate of drug-likeness (QED) is 0.275. The first-order valence-electron chi connectivity index (χ1n) is 8.63. The molecule has 0 heterocycles. The molecule has 6 nitrogen and oxygen atoms in total. The van der Waals surface area contributed by atoms with Crippen LogP contribution in [-0.2, 0) is 28.6 Å². The first kappa shape index (κ1) is 26.5. The summed E-state index contributed by atoms with van der Waals surface area (Å²) in [5.74, 6) is -1.57. The first-order valence-corrected chi connectivity index (χ1v) is 9.97. The lowest BCUT2D eigenvalue weighted by molar-refractivity contribution is -0.164. The Kier molecular flexibility index (Phi) is 9.59. The number of ether oxygens (including phenoxy) is 3. The highest BCUT2D eigenvalue weighted by Crippen LogP contribution is 2.28. The van der Waals surface area contributed by atoms with Crippen LogP contribution < -0.4 is 0 Å². The summed E-state index contributed by atoms with van der Waals surface area (Å²) in [6.45, 7) is 11.2. The van der Waals surface area contributed by atoms with E-state index in [4.69, 9.17) is 14.2 Å². The summed E-state index contributed by atoms with van der Waals surface area (Å²) in [5.41, 5.74) is -0.891. The van der Waals surface area contributed by atoms with Gasteiger partial charge in [0.15, 0.2) is 0 Å². The number of esters is 3. The van der Waals surface area contributed by atoms with Gasteiger partial charge in [0.1, 0.15) is 34.1 Å². The van der Waals surface area contributed by atoms with Gasteiger partial charge in [-0.3, -0.25) is 14.4 Å². The molecule has 0 atom stereocenters. The molecule has 0 aliphatic rings. The van der Waals surface area contributed by atoms with Crippen molar-refractivity contribution in [2.24, 2.45) is 5.41 Å². The Morgan fingerprint density at radius 1 is 0.630 bits per heavy atom. The number of rotatable bonds is 10. The standard InChI is InChI=1S/C18H32O6S3/c1-8-18(9-22-12(19)15(2,3)25,10-23-13(20)16(4,5)26)11-24-14(21)17(6,7)27/h25-27H,8-11H2,1-7H3. The van der Waals surface area contributed by atoms with Crippen molar-refractivity contribution in [3.05, 3.63) is 0 Å². The van der Waals surface area contributed by atoms with Crippen LogP contribution in [0.2, 0.25) is 0 Å². The molecule has 0 saturated carbocycles. The van der Waals surface area contributed by atoms with Gasteiger partial charge in [-0.15, -0.1) is 0 Å². The molecule has 0 N–H and O–H groups in total. The van der Waals surface area contributed by atoms with Gasteiger partial charge in [-0.05, 0) is 48.0 Å². The van der Waals surface area contributed by atoms with Gasteiger partial charge in [0, 0.05) is 0 Å². The fraction of sp³-hybridized carbons (Fsp3) is 0.833. The molecule has 0 unspecified atom stereocenters. The highest BCUT2D eigenvalue weighted by molar-refractivity contribution is 7.83. The van der Waals surface area contributed by atoms with E-state index in [0.717, 1.165) is 0 Å². The minimum absolute atomic E-state index is 0.0904. The van der Waals surface area contributed by atoms with Gasteiger partial charge in [-0.25, -0.2) is 0 Å². The molecule has 0 fully saturated rings. The highest BCUT2D eigenvalue weighted by Gasteiger charge is 2.38. The Balaban J connectivity index is 5.32. The van der Waals surface area contributed by atoms with Crippen LogP contribution in [0.5, 0.6) is 0 Å². The third-order valence-corrected chi connectivity index (χ3v) is 4.32. The number of hydrogen-bond acceptors (Lipinski definition) is 9. The predicted octanol–water partition coefficient (Wildman–Crippen LogP) is 3.14. The van der Waals surface area contributed by atoms with Crippen molar-refractivity contribution >= 4 is 55.8 Å². The third kappa shape index (κ3) is 9.47. The van der Waals surface area contributed by atoms with Crippen LogP contribution in [0.15, 0.2) is 0 Å². The summed E-state index contributed by atoms with van der Waals surface area (Å²) in [5, 5.41) is 0. The Hall–Kier alpha value is -0.540. The summed E-state index contributed by atoms with van der Waals surface area (Å²) in [6, 6.07) is 0. The van der Waals surface area contributed by atoms with Gasteiger partial charge in [0.25, 0.3) is 0 Å². The number of carbonyl (C=O) groups excluding carboxylic acids is 3. The van der Waals surface area contributed by atoms with Crippen molar-refractivity contribution in [2.45, 2.75) is 69.1 Å². The molecular weight excluding hydrogens is 408 g/mol. The van der Waals surface area contributed by atoms with E-state index >= 15 is 0 Å². The van der Waals surface area contributed by atoms with Crippen LogP contribution in [0.3, 0.4) is 0 Å². The molecule has 0 saturated heterocycles. The molecule has 9 heteroatoms. The van der Waals surface area contributed by atoms with E-state index in [1.165, 1.54) is 0 Å². The second kappa shape index (κ2) is 9.78. The van der Waals surface area contributed by atoms with Gasteiger partial charge in [-0.2, -0.15) is 37.9 Å². The molecule has 27 heavy (non-hydrogen) atoms. The zero-order valence-corrected chi connectivity index (χ0v) is 19.8. The van der Waals surface area contributed by atoms with E-state index < -0.39 is 37.6 Å². The molecule has 0 amide bonds. The van der Waals surface area contributed by atoms with Crippen molar-refractivity contribution in [2.75, 3.05) is 19.8 Å². The molecular formula is C18H32O6S3. The third-order valence-electron chi connectivity index (χ3n) is 3.78. The van der Waals surface area contributed by atoms with Gasteiger partial charge < -0.3 is 14.2 Å². The molecule has 0 aromatic rings. The molecule has 0 spiro atoms. The summed E-state index contributed by atoms with van der Waals surface area (Å²) in [7, 11) is 0. The van der Waals surface area contributed by atoms with Gasteiger partial charge in [0.05, 0.1) is 5.41 Å². The van der Waals surface area contributed by atoms with Crippen molar-refractivity contribution < 1.29 is 28.6 Å². The van der Waals surface area contributed by atoms with E-state index in [1.807, 2.05) is 6.92 Å². The van der Waals surface area contributed by atoms with Crippen LogP contribution >= 0.6 is 37.9 Å². The fourth-order valence-corrected chi connectivity index (χ4v) is 1.81. The largest absolute Gasteiger partial charge is 0.464 e. The molecule has 0 radical (unpaired) electrons. The first-order chi connectivity index (χ1) is 11.9. The SMILES string of the molecule is CCC(COC(=O)C(C)(C)S)(COC(=O)C(C)(C)S)COC(=O)C(C)(C)S. The normalized spacial score (nSPS) is 13.1. The lowest BCUT2D eigenvalue weighted by atomic mass is 9.87. The van der Waals surface area contributed by atoms with Crippen molar-refractivity contribution in [3.8, 4) is 0 Å². The second-order valence-corrected chi connectivity index (χ2v) is 11.6. The van der Waals surface area contributed by atoms with Gasteiger partial charge in [0.2, 0.25) is 0 Å². The van der Waals surface area contributed by atoms with Crippen molar-refractivity contribution in [1.29, 1.82) is 0 Å². The van der Waals surface area contributed by atoms with Gasteiger partial charge >= 0.3 is 17.9 Å². The average molecular weight is 441 g/mol. The molecule has 0 bridgehead atoms. The van der Waals surface area contributed by atoms with Gasteiger partial charge in [-0.1, -0.05) is 6.92 Å². The Morgan fingerprint density at radius 2 is 0.852 bits per heavy atom. The zero-order chi connectivity index (χ0) is 21.7. The lowest BCUT2D eigenvalue weighted by Crippen LogP contribution is -2.43. The number of carbonyl (C=O) groups is 3. The summed E-state index contributed by atoms with van der Waals surface area (Å²) in [6.07, 6.45) is 0.438. The monoisotopic (exact) mass is 440 g/mol. The molecule has 0 aromatic heterocycles. The summed E-state index contributed by atoms with van der Waals surface area (Å²) >= 11 is 12.6. The van der Waals surface area contributed by atoms with E-state index in [-0.39, 0.29) is 19.8 Å². The molecule has 0 aliphatic carbocycles. The highest BCUT2D eigenvalue weighted by atomic mass is 32.1. The minimum Gasteiger partial charge on any atom is -0.464 e. The molecule has 0 rings (SSSR count). The maximum absolute atomic E-state index is 12.1. The van der Waals surface area contributed by atoms with Crippen LogP contribution in [0, 0.1) is 5.41 Å². The predicted molar refractivity (Wildman–Crippen MR) is 115 cm³/mol. The zero-order valence-electron chi connectivity index (χ0n) is 17.1. The average Bonchev–Trinajstić information content (AvgIpc) is 2.50. The lowest BCUT2D eigenvalue weighted by Gasteiger charge is -2.33. The maximum atomic E-state index is 12.1. The minimum atomic E-state index is -0.979. The van der Waals surface area contributed by atoms with Crippen LogP contribution in [0.1, 0.15) is 54.9 Å². The second-order valence-electron chi connectivity index (χ2n) is 8.26. The topological polar surface area (TPSA) is 78.9 Å². The smallest absolute Gasteiger partial charge is 0.321 e. The maximum Gasteiger partial charge on any atom is 0.321 e. The van der Waals surface area contributed by atoms with Crippen molar-refractivity contribution in [1.82, 2.24) is 0 Å². The Morgan fingerprint density at radius 3 is 1.00 bits per heavy atom. The van der Waals surface area contributed by atoms with E-state index in [1.54, 1.807) is 41.5 Å². The molecule has 0 aliphatic heterocycles. The Labute approximate surface area is 178 Å². The fourth-order valence-electron chi connectivity index (χ4n) is 1.62. The van der Waals surface area contributed by atoms with E-state index in [9.17, 15) is 14.4 Å². The van der Waals surface area contributed by atoms with E-state index in [0.29, 0.717) is 6.42 Å². The Bertz CT molecular complexity index is 467. The summed E-state index contributed by atoms with van der Waals surface area (Å²) < 4.78 is 13.2. The van der Waals surface area contributed by atoms with Crippen LogP contribution in [-0.4, -0.2) is 52.0 Å². The number of hydrogen-bond donors (Lipinski definition) is 3. The van der Waals surface area contributed by atoms with Crippen molar-refractivity contribution in [3.63, 3.8) is 0 Å². The number of thiol groups is 3. The van der Waals surface area contributed by atoms with Crippen LogP contribution in [0.25, 0.3) is 0 Å².